The summed E-state index contributed by atoms with van der Waals surface area (Å²) < 4.78 is 0. The minimum Gasteiger partial charge on any atom is -0.480 e. The van der Waals surface area contributed by atoms with E-state index in [1.54, 1.807) is 48.5 Å². The van der Waals surface area contributed by atoms with Gasteiger partial charge in [-0.25, -0.2) is 9.59 Å². The summed E-state index contributed by atoms with van der Waals surface area (Å²) in [6.07, 6.45) is 4.61. The maximum Gasteiger partial charge on any atom is 0.329 e. The van der Waals surface area contributed by atoms with Gasteiger partial charge in [-0.1, -0.05) is 71.5 Å². The molecule has 10 heteroatoms. The van der Waals surface area contributed by atoms with Crippen LogP contribution in [0.1, 0.15) is 72.1 Å². The Balaban J connectivity index is 1.50. The molecule has 2 aromatic rings. The van der Waals surface area contributed by atoms with Gasteiger partial charge in [0.15, 0.2) is 0 Å². The van der Waals surface area contributed by atoms with Crippen molar-refractivity contribution < 1.29 is 29.4 Å². The third-order valence-electron chi connectivity index (χ3n) is 6.92. The molecular formula is C26H28N2O6S2. The average molecular weight is 529 g/mol. The highest BCUT2D eigenvalue weighted by atomic mass is 33.1. The fourth-order valence-corrected chi connectivity index (χ4v) is 7.21. The Morgan fingerprint density at radius 3 is 1.28 bits per heavy atom. The first-order chi connectivity index (χ1) is 17.3. The third kappa shape index (κ3) is 5.39. The zero-order valence-corrected chi connectivity index (χ0v) is 21.3. The van der Waals surface area contributed by atoms with E-state index in [0.717, 1.165) is 25.7 Å². The van der Waals surface area contributed by atoms with Crippen molar-refractivity contribution in [2.75, 3.05) is 0 Å². The van der Waals surface area contributed by atoms with E-state index >= 15 is 0 Å². The Bertz CT molecular complexity index is 1080. The smallest absolute Gasteiger partial charge is 0.329 e. The van der Waals surface area contributed by atoms with E-state index in [1.165, 1.54) is 21.6 Å². The number of hydrogen-bond acceptors (Lipinski definition) is 6. The molecule has 0 atom stereocenters. The number of hydrogen-bond donors (Lipinski definition) is 4. The normalized spacial score (nSPS) is 17.9. The summed E-state index contributed by atoms with van der Waals surface area (Å²) in [7, 11) is 2.57. The summed E-state index contributed by atoms with van der Waals surface area (Å²) in [5.74, 6) is -2.93. The summed E-state index contributed by atoms with van der Waals surface area (Å²) >= 11 is 0. The van der Waals surface area contributed by atoms with Crippen molar-refractivity contribution >= 4 is 45.3 Å². The minimum absolute atomic E-state index is 0.361. The Hall–Kier alpha value is -2.98. The predicted molar refractivity (Wildman–Crippen MR) is 137 cm³/mol. The van der Waals surface area contributed by atoms with E-state index in [9.17, 15) is 29.4 Å². The second-order valence-electron chi connectivity index (χ2n) is 9.26. The quantitative estimate of drug-likeness (QED) is 0.343. The molecule has 0 radical (unpaired) electrons. The zero-order chi connectivity index (χ0) is 25.8. The first kappa shape index (κ1) is 26.1. The van der Waals surface area contributed by atoms with Gasteiger partial charge in [0.1, 0.15) is 11.1 Å². The van der Waals surface area contributed by atoms with Crippen LogP contribution in [0, 0.1) is 0 Å². The first-order valence-electron chi connectivity index (χ1n) is 11.9. The molecule has 4 N–H and O–H groups in total. The Labute approximate surface area is 217 Å². The molecule has 0 spiro atoms. The van der Waals surface area contributed by atoms with Crippen molar-refractivity contribution in [3.8, 4) is 0 Å². The van der Waals surface area contributed by atoms with E-state index in [2.05, 4.69) is 10.6 Å². The van der Waals surface area contributed by atoms with Gasteiger partial charge in [0.25, 0.3) is 11.8 Å². The number of aliphatic carboxylic acids is 2. The van der Waals surface area contributed by atoms with Gasteiger partial charge in [0.2, 0.25) is 0 Å². The van der Waals surface area contributed by atoms with Gasteiger partial charge in [-0.15, -0.1) is 0 Å². The van der Waals surface area contributed by atoms with Gasteiger partial charge in [-0.05, 0) is 49.9 Å². The molecule has 0 heterocycles. The van der Waals surface area contributed by atoms with Crippen molar-refractivity contribution in [2.45, 2.75) is 72.2 Å². The zero-order valence-electron chi connectivity index (χ0n) is 19.6. The second kappa shape index (κ2) is 11.0. The lowest BCUT2D eigenvalue weighted by Gasteiger charge is -2.26. The van der Waals surface area contributed by atoms with Crippen LogP contribution in [0.5, 0.6) is 0 Å². The van der Waals surface area contributed by atoms with Gasteiger partial charge in [0, 0.05) is 9.79 Å². The number of carboxylic acids is 2. The van der Waals surface area contributed by atoms with E-state index in [4.69, 9.17) is 0 Å². The number of carboxylic acid groups (broad SMARTS) is 2. The number of carbonyl (C=O) groups excluding carboxylic acids is 2. The lowest BCUT2D eigenvalue weighted by molar-refractivity contribution is -0.145. The van der Waals surface area contributed by atoms with Crippen LogP contribution < -0.4 is 10.6 Å². The van der Waals surface area contributed by atoms with Crippen LogP contribution in [0.4, 0.5) is 0 Å². The molecule has 2 aliphatic carbocycles. The molecule has 0 saturated heterocycles. The number of amides is 2. The third-order valence-corrected chi connectivity index (χ3v) is 9.40. The monoisotopic (exact) mass is 528 g/mol. The van der Waals surface area contributed by atoms with Crippen LogP contribution in [0.2, 0.25) is 0 Å². The maximum absolute atomic E-state index is 13.1. The first-order valence-corrected chi connectivity index (χ1v) is 14.1. The van der Waals surface area contributed by atoms with Gasteiger partial charge >= 0.3 is 11.9 Å². The summed E-state index contributed by atoms with van der Waals surface area (Å²) in [5, 5.41) is 24.9. The van der Waals surface area contributed by atoms with Crippen molar-refractivity contribution in [2.24, 2.45) is 0 Å². The number of rotatable bonds is 9. The van der Waals surface area contributed by atoms with E-state index < -0.39 is 34.8 Å². The fraction of sp³-hybridized carbons (Fsp3) is 0.385. The maximum atomic E-state index is 13.1. The summed E-state index contributed by atoms with van der Waals surface area (Å²) in [6, 6.07) is 13.9. The van der Waals surface area contributed by atoms with Crippen LogP contribution in [0.25, 0.3) is 0 Å². The molecule has 0 unspecified atom stereocenters. The molecule has 2 fully saturated rings. The predicted octanol–water partition coefficient (Wildman–Crippen LogP) is 4.74. The number of carbonyl (C=O) groups is 4. The Kier molecular flexibility index (Phi) is 7.94. The number of benzene rings is 2. The molecule has 2 saturated carbocycles. The lowest BCUT2D eigenvalue weighted by Crippen LogP contribution is -2.52. The van der Waals surface area contributed by atoms with Crippen molar-refractivity contribution in [3.63, 3.8) is 0 Å². The largest absolute Gasteiger partial charge is 0.480 e. The van der Waals surface area contributed by atoms with E-state index in [0.29, 0.717) is 46.6 Å². The van der Waals surface area contributed by atoms with E-state index in [1.807, 2.05) is 0 Å². The molecule has 0 aliphatic heterocycles. The lowest BCUT2D eigenvalue weighted by atomic mass is 9.97. The fourth-order valence-electron chi connectivity index (χ4n) is 4.85. The molecule has 190 valence electrons. The van der Waals surface area contributed by atoms with Crippen LogP contribution in [0.3, 0.4) is 0 Å². The summed E-state index contributed by atoms with van der Waals surface area (Å²) in [4.78, 5) is 51.2. The van der Waals surface area contributed by atoms with Crippen LogP contribution in [0.15, 0.2) is 58.3 Å². The van der Waals surface area contributed by atoms with Crippen molar-refractivity contribution in [1.82, 2.24) is 10.6 Å². The van der Waals surface area contributed by atoms with E-state index in [-0.39, 0.29) is 0 Å². The molecule has 2 amide bonds. The highest BCUT2D eigenvalue weighted by molar-refractivity contribution is 8.76. The molecular weight excluding hydrogens is 500 g/mol. The molecule has 0 aromatic heterocycles. The van der Waals surface area contributed by atoms with Crippen LogP contribution in [-0.2, 0) is 9.59 Å². The van der Waals surface area contributed by atoms with Gasteiger partial charge < -0.3 is 20.8 Å². The van der Waals surface area contributed by atoms with Crippen LogP contribution >= 0.6 is 21.6 Å². The highest BCUT2D eigenvalue weighted by Gasteiger charge is 2.44. The topological polar surface area (TPSA) is 133 Å². The van der Waals surface area contributed by atoms with Gasteiger partial charge in [-0.3, -0.25) is 9.59 Å². The Morgan fingerprint density at radius 1 is 0.611 bits per heavy atom. The molecule has 2 aliphatic rings. The molecule has 36 heavy (non-hydrogen) atoms. The molecule has 8 nitrogen and oxygen atoms in total. The average Bonchev–Trinajstić information content (AvgIpc) is 3.54. The Morgan fingerprint density at radius 2 is 0.944 bits per heavy atom. The molecule has 4 rings (SSSR count). The SMILES string of the molecule is O=C(NC1(C(=O)O)CCCC1)c1ccccc1SSc1ccccc1C(=O)NC1(C(=O)O)CCCC1. The standard InChI is InChI=1S/C26H28N2O6S2/c29-21(27-25(23(31)32)13-5-6-14-25)17-9-1-3-11-19(17)35-36-20-12-4-2-10-18(20)22(30)28-26(24(33)34)15-7-8-16-26/h1-4,9-12H,5-8,13-16H2,(H,27,29)(H,28,30)(H,31,32)(H,33,34). The molecule has 0 bridgehead atoms. The summed E-state index contributed by atoms with van der Waals surface area (Å²) in [5.41, 5.74) is -1.76. The van der Waals surface area contributed by atoms with Crippen molar-refractivity contribution in [3.05, 3.63) is 59.7 Å². The highest BCUT2D eigenvalue weighted by Crippen LogP contribution is 2.41. The molecule has 2 aromatic carbocycles. The minimum atomic E-state index is -1.24. The van der Waals surface area contributed by atoms with Gasteiger partial charge in [0.05, 0.1) is 11.1 Å². The summed E-state index contributed by atoms with van der Waals surface area (Å²) in [6.45, 7) is 0. The second-order valence-corrected chi connectivity index (χ2v) is 11.5. The van der Waals surface area contributed by atoms with Crippen LogP contribution in [-0.4, -0.2) is 45.0 Å². The van der Waals surface area contributed by atoms with Crippen molar-refractivity contribution in [1.29, 1.82) is 0 Å². The number of nitrogens with one attached hydrogen (secondary N) is 2. The van der Waals surface area contributed by atoms with Gasteiger partial charge in [-0.2, -0.15) is 0 Å².